The Kier molecular flexibility index (Phi) is 7.00. The first-order valence-electron chi connectivity index (χ1n) is 10.7. The summed E-state index contributed by atoms with van der Waals surface area (Å²) in [6.07, 6.45) is 2.67. The van der Waals surface area contributed by atoms with Crippen LogP contribution in [0.1, 0.15) is 57.6 Å². The van der Waals surface area contributed by atoms with Crippen LogP contribution in [-0.4, -0.2) is 66.7 Å². The van der Waals surface area contributed by atoms with Crippen LogP contribution in [0.2, 0.25) is 0 Å². The molecule has 5 nitrogen and oxygen atoms in total. The highest BCUT2D eigenvalue weighted by molar-refractivity contribution is 5.78. The highest BCUT2D eigenvalue weighted by Gasteiger charge is 2.32. The number of ether oxygens (including phenoxy) is 2. The maximum Gasteiger partial charge on any atom is 0.260 e. The molecule has 3 atom stereocenters. The molecule has 0 N–H and O–H groups in total. The first-order chi connectivity index (χ1) is 13.3. The van der Waals surface area contributed by atoms with Crippen molar-refractivity contribution in [2.24, 2.45) is 0 Å². The molecule has 2 aliphatic rings. The maximum atomic E-state index is 12.9. The van der Waals surface area contributed by atoms with Gasteiger partial charge in [0.05, 0.1) is 12.2 Å². The molecule has 2 heterocycles. The predicted octanol–water partition coefficient (Wildman–Crippen LogP) is 3.60. The first-order valence-corrected chi connectivity index (χ1v) is 10.7. The minimum absolute atomic E-state index is 0.103. The van der Waals surface area contributed by atoms with Gasteiger partial charge < -0.3 is 14.4 Å². The quantitative estimate of drug-likeness (QED) is 0.747. The average molecular weight is 389 g/mol. The zero-order chi connectivity index (χ0) is 20.3. The van der Waals surface area contributed by atoms with Crippen LogP contribution in [0.25, 0.3) is 0 Å². The molecule has 0 aromatic heterocycles. The second-order valence-electron chi connectivity index (χ2n) is 8.83. The molecule has 0 bridgehead atoms. The minimum atomic E-state index is 0.103. The number of amides is 1. The van der Waals surface area contributed by atoms with Crippen molar-refractivity contribution in [2.75, 3.05) is 32.8 Å². The molecule has 2 aliphatic heterocycles. The number of likely N-dealkylation sites (tertiary alicyclic amines) is 1. The molecule has 5 heteroatoms. The minimum Gasteiger partial charge on any atom is -0.483 e. The summed E-state index contributed by atoms with van der Waals surface area (Å²) in [5, 5.41) is 0. The van der Waals surface area contributed by atoms with Crippen LogP contribution < -0.4 is 4.74 Å². The van der Waals surface area contributed by atoms with E-state index < -0.39 is 0 Å². The molecule has 0 aliphatic carbocycles. The lowest BCUT2D eigenvalue weighted by molar-refractivity contribution is -0.135. The van der Waals surface area contributed by atoms with Crippen LogP contribution >= 0.6 is 0 Å². The van der Waals surface area contributed by atoms with Crippen LogP contribution in [-0.2, 0) is 9.53 Å². The molecular weight excluding hydrogens is 352 g/mol. The van der Waals surface area contributed by atoms with Gasteiger partial charge in [-0.2, -0.15) is 0 Å². The fourth-order valence-electron chi connectivity index (χ4n) is 4.44. The van der Waals surface area contributed by atoms with Crippen LogP contribution in [0.15, 0.2) is 18.2 Å². The Bertz CT molecular complexity index is 666. The van der Waals surface area contributed by atoms with Gasteiger partial charge in [0.2, 0.25) is 0 Å². The predicted molar refractivity (Wildman–Crippen MR) is 112 cm³/mol. The van der Waals surface area contributed by atoms with Crippen LogP contribution in [0.3, 0.4) is 0 Å². The van der Waals surface area contributed by atoms with Crippen molar-refractivity contribution in [2.45, 2.75) is 71.6 Å². The Hall–Kier alpha value is -1.59. The second kappa shape index (κ2) is 9.27. The lowest BCUT2D eigenvalue weighted by Gasteiger charge is -2.38. The van der Waals surface area contributed by atoms with Crippen molar-refractivity contribution in [3.8, 4) is 5.75 Å². The van der Waals surface area contributed by atoms with Gasteiger partial charge in [-0.15, -0.1) is 0 Å². The van der Waals surface area contributed by atoms with Crippen molar-refractivity contribution >= 4 is 5.91 Å². The molecule has 0 saturated carbocycles. The van der Waals surface area contributed by atoms with Gasteiger partial charge in [-0.3, -0.25) is 9.69 Å². The van der Waals surface area contributed by atoms with E-state index in [-0.39, 0.29) is 30.8 Å². The van der Waals surface area contributed by atoms with Crippen molar-refractivity contribution in [3.63, 3.8) is 0 Å². The third kappa shape index (κ3) is 5.26. The summed E-state index contributed by atoms with van der Waals surface area (Å²) in [5.41, 5.74) is 2.31. The molecule has 1 amide bonds. The van der Waals surface area contributed by atoms with E-state index >= 15 is 0 Å². The largest absolute Gasteiger partial charge is 0.483 e. The van der Waals surface area contributed by atoms with Crippen LogP contribution in [0, 0.1) is 6.92 Å². The Morgan fingerprint density at radius 3 is 2.64 bits per heavy atom. The number of hydrogen-bond donors (Lipinski definition) is 0. The van der Waals surface area contributed by atoms with Crippen molar-refractivity contribution in [1.82, 2.24) is 9.80 Å². The van der Waals surface area contributed by atoms with Crippen molar-refractivity contribution < 1.29 is 14.3 Å². The summed E-state index contributed by atoms with van der Waals surface area (Å²) in [6.45, 7) is 14.4. The van der Waals surface area contributed by atoms with Gasteiger partial charge in [-0.05, 0) is 56.7 Å². The van der Waals surface area contributed by atoms with Gasteiger partial charge in [0, 0.05) is 32.2 Å². The Morgan fingerprint density at radius 2 is 1.96 bits per heavy atom. The van der Waals surface area contributed by atoms with E-state index in [0.29, 0.717) is 5.92 Å². The SMILES string of the molecule is Cc1ccc(C(C)C)cc1OCC(=O)N1CCCC1CN1CC(C)OC(C)C1. The van der Waals surface area contributed by atoms with Crippen LogP contribution in [0.5, 0.6) is 5.75 Å². The number of rotatable bonds is 6. The molecule has 28 heavy (non-hydrogen) atoms. The number of hydrogen-bond acceptors (Lipinski definition) is 4. The van der Waals surface area contributed by atoms with Gasteiger partial charge in [-0.25, -0.2) is 0 Å². The van der Waals surface area contributed by atoms with E-state index in [1.165, 1.54) is 5.56 Å². The van der Waals surface area contributed by atoms with Gasteiger partial charge in [0.15, 0.2) is 6.61 Å². The lowest BCUT2D eigenvalue weighted by atomic mass is 10.0. The van der Waals surface area contributed by atoms with E-state index in [2.05, 4.69) is 50.8 Å². The van der Waals surface area contributed by atoms with Gasteiger partial charge >= 0.3 is 0 Å². The third-order valence-electron chi connectivity index (χ3n) is 5.89. The molecule has 2 fully saturated rings. The average Bonchev–Trinajstić information content (AvgIpc) is 3.07. The first kappa shape index (κ1) is 21.1. The third-order valence-corrected chi connectivity index (χ3v) is 5.89. The highest BCUT2D eigenvalue weighted by atomic mass is 16.5. The summed E-state index contributed by atoms with van der Waals surface area (Å²) < 4.78 is 11.8. The van der Waals surface area contributed by atoms with E-state index in [0.717, 1.165) is 50.3 Å². The smallest absolute Gasteiger partial charge is 0.260 e. The molecule has 3 rings (SSSR count). The standard InChI is InChI=1S/C23H36N2O3/c1-16(2)20-9-8-17(3)22(11-20)27-15-23(26)25-10-6-7-21(25)14-24-12-18(4)28-19(5)13-24/h8-9,11,16,18-19,21H,6-7,10,12-15H2,1-5H3. The topological polar surface area (TPSA) is 42.0 Å². The Morgan fingerprint density at radius 1 is 1.25 bits per heavy atom. The number of morpholine rings is 1. The molecule has 0 spiro atoms. The van der Waals surface area contributed by atoms with Crippen molar-refractivity contribution in [1.29, 1.82) is 0 Å². The molecule has 1 aromatic carbocycles. The molecule has 0 radical (unpaired) electrons. The molecular formula is C23H36N2O3. The van der Waals surface area contributed by atoms with E-state index in [9.17, 15) is 4.79 Å². The highest BCUT2D eigenvalue weighted by Crippen LogP contribution is 2.25. The zero-order valence-electron chi connectivity index (χ0n) is 18.1. The normalized spacial score (nSPS) is 26.1. The van der Waals surface area contributed by atoms with E-state index in [1.54, 1.807) is 0 Å². The lowest BCUT2D eigenvalue weighted by Crippen LogP contribution is -2.51. The van der Waals surface area contributed by atoms with E-state index in [4.69, 9.17) is 9.47 Å². The zero-order valence-corrected chi connectivity index (χ0v) is 18.1. The van der Waals surface area contributed by atoms with Gasteiger partial charge in [0.1, 0.15) is 5.75 Å². The number of aryl methyl sites for hydroxylation is 1. The monoisotopic (exact) mass is 388 g/mol. The fraction of sp³-hybridized carbons (Fsp3) is 0.696. The van der Waals surface area contributed by atoms with Gasteiger partial charge in [-0.1, -0.05) is 26.0 Å². The van der Waals surface area contributed by atoms with Crippen molar-refractivity contribution in [3.05, 3.63) is 29.3 Å². The van der Waals surface area contributed by atoms with E-state index in [1.807, 2.05) is 11.8 Å². The summed E-state index contributed by atoms with van der Waals surface area (Å²) in [6, 6.07) is 6.58. The summed E-state index contributed by atoms with van der Waals surface area (Å²) in [7, 11) is 0. The number of nitrogens with zero attached hydrogens (tertiary/aromatic N) is 2. The number of carbonyl (C=O) groups is 1. The number of benzene rings is 1. The molecule has 2 saturated heterocycles. The summed E-state index contributed by atoms with van der Waals surface area (Å²) >= 11 is 0. The molecule has 1 aromatic rings. The fourth-order valence-corrected chi connectivity index (χ4v) is 4.44. The second-order valence-corrected chi connectivity index (χ2v) is 8.83. The van der Waals surface area contributed by atoms with Crippen LogP contribution in [0.4, 0.5) is 0 Å². The Labute approximate surface area is 170 Å². The van der Waals surface area contributed by atoms with Gasteiger partial charge in [0.25, 0.3) is 5.91 Å². The Balaban J connectivity index is 1.57. The summed E-state index contributed by atoms with van der Waals surface area (Å²) in [4.78, 5) is 17.4. The maximum absolute atomic E-state index is 12.9. The molecule has 156 valence electrons. The number of carbonyl (C=O) groups excluding carboxylic acids is 1. The molecule has 3 unspecified atom stereocenters. The summed E-state index contributed by atoms with van der Waals surface area (Å²) in [5.74, 6) is 1.37.